The summed E-state index contributed by atoms with van der Waals surface area (Å²) in [5, 5.41) is 17.7. The Hall–Kier alpha value is -3.71. The van der Waals surface area contributed by atoms with E-state index < -0.39 is 44.9 Å². The Kier molecular flexibility index (Phi) is 10.1. The van der Waals surface area contributed by atoms with Crippen molar-refractivity contribution >= 4 is 29.6 Å². The van der Waals surface area contributed by atoms with Gasteiger partial charge in [-0.25, -0.2) is 0 Å². The second kappa shape index (κ2) is 13.5. The summed E-state index contributed by atoms with van der Waals surface area (Å²) in [6.07, 6.45) is 2.73. The second-order valence-electron chi connectivity index (χ2n) is 10.5. The average molecular weight is 594 g/mol. The molecule has 1 aliphatic carbocycles. The van der Waals surface area contributed by atoms with Crippen LogP contribution in [-0.2, 0) is 19.7 Å². The molecule has 0 aromatic heterocycles. The van der Waals surface area contributed by atoms with E-state index in [1.54, 1.807) is 0 Å². The van der Waals surface area contributed by atoms with Crippen molar-refractivity contribution in [2.45, 2.75) is 54.9 Å². The first-order valence-electron chi connectivity index (χ1n) is 13.9. The van der Waals surface area contributed by atoms with Crippen LogP contribution in [0.15, 0.2) is 89.8 Å². The Morgan fingerprint density at radius 1 is 1.00 bits per heavy atom. The zero-order valence-electron chi connectivity index (χ0n) is 23.2. The van der Waals surface area contributed by atoms with Crippen molar-refractivity contribution in [3.8, 4) is 5.75 Å². The van der Waals surface area contributed by atoms with Gasteiger partial charge in [0.05, 0.1) is 11.5 Å². The molecule has 12 heteroatoms. The molecular formula is C30H36BN3O7S. The summed E-state index contributed by atoms with van der Waals surface area (Å²) in [6.45, 7) is 0.199. The Bertz CT molecular complexity index is 1410. The monoisotopic (exact) mass is 593 g/mol. The number of amides is 2. The third-order valence-electron chi connectivity index (χ3n) is 8.17. The fraction of sp³-hybridized carbons (Fsp3) is 0.333. The van der Waals surface area contributed by atoms with Crippen LogP contribution in [0.25, 0.3) is 0 Å². The van der Waals surface area contributed by atoms with Gasteiger partial charge in [0.15, 0.2) is 0 Å². The lowest BCUT2D eigenvalue weighted by Gasteiger charge is -2.48. The van der Waals surface area contributed by atoms with Crippen LogP contribution in [0.3, 0.4) is 0 Å². The van der Waals surface area contributed by atoms with Gasteiger partial charge < -0.3 is 26.0 Å². The van der Waals surface area contributed by atoms with Gasteiger partial charge in [-0.05, 0) is 55.5 Å². The standard InChI is InChI=1S/C30H36BN3O7S/c32-21-11-20-30(33-22-35,31(37)41-25-16-7-8-17-26(25)42(38,39)40)29(18-9-10-19-29)28(36)34-27(23-12-3-1-4-13-23)24-14-5-2-6-15-24/h1-8,12-17,22,27,37H,9-11,18-21,32H2,(H,33,35)(H,34,36)(H,38,39,40)/t30-/m0/s1. The zero-order valence-corrected chi connectivity index (χ0v) is 24.0. The molecule has 42 heavy (non-hydrogen) atoms. The van der Waals surface area contributed by atoms with Crippen LogP contribution in [0.5, 0.6) is 5.75 Å². The first kappa shape index (κ1) is 31.2. The summed E-state index contributed by atoms with van der Waals surface area (Å²) in [4.78, 5) is 26.2. The van der Waals surface area contributed by atoms with Crippen LogP contribution >= 0.6 is 0 Å². The van der Waals surface area contributed by atoms with Gasteiger partial charge in [0.2, 0.25) is 12.3 Å². The quantitative estimate of drug-likeness (QED) is 0.108. The van der Waals surface area contributed by atoms with Crippen LogP contribution in [0, 0.1) is 5.41 Å². The predicted molar refractivity (Wildman–Crippen MR) is 159 cm³/mol. The van der Waals surface area contributed by atoms with Gasteiger partial charge in [0.25, 0.3) is 10.1 Å². The molecule has 0 saturated heterocycles. The number of hydrogen-bond acceptors (Lipinski definition) is 7. The highest BCUT2D eigenvalue weighted by molar-refractivity contribution is 7.86. The molecule has 0 spiro atoms. The first-order valence-corrected chi connectivity index (χ1v) is 15.4. The van der Waals surface area contributed by atoms with Gasteiger partial charge in [-0.2, -0.15) is 8.42 Å². The molecule has 3 aromatic rings. The first-order chi connectivity index (χ1) is 20.2. The molecule has 4 rings (SSSR count). The Morgan fingerprint density at radius 3 is 2.07 bits per heavy atom. The van der Waals surface area contributed by atoms with Gasteiger partial charge in [-0.3, -0.25) is 14.1 Å². The van der Waals surface area contributed by atoms with Gasteiger partial charge in [0.1, 0.15) is 16.1 Å². The second-order valence-corrected chi connectivity index (χ2v) is 11.9. The van der Waals surface area contributed by atoms with Crippen molar-refractivity contribution in [2.24, 2.45) is 11.1 Å². The molecule has 10 nitrogen and oxygen atoms in total. The molecule has 2 amide bonds. The highest BCUT2D eigenvalue weighted by Gasteiger charge is 2.65. The van der Waals surface area contributed by atoms with Crippen molar-refractivity contribution in [2.75, 3.05) is 6.54 Å². The molecule has 0 aliphatic heterocycles. The smallest absolute Gasteiger partial charge is 0.534 e. The van der Waals surface area contributed by atoms with E-state index in [9.17, 15) is 27.6 Å². The minimum absolute atomic E-state index is 0.0617. The highest BCUT2D eigenvalue weighted by Crippen LogP contribution is 2.50. The lowest BCUT2D eigenvalue weighted by Crippen LogP contribution is -2.72. The number of hydrogen-bond donors (Lipinski definition) is 5. The van der Waals surface area contributed by atoms with Crippen LogP contribution in [0.2, 0.25) is 0 Å². The summed E-state index contributed by atoms with van der Waals surface area (Å²) in [7, 11) is -6.59. The lowest BCUT2D eigenvalue weighted by molar-refractivity contribution is -0.136. The van der Waals surface area contributed by atoms with E-state index in [1.165, 1.54) is 18.2 Å². The topological polar surface area (TPSA) is 168 Å². The Labute approximate surface area is 246 Å². The highest BCUT2D eigenvalue weighted by atomic mass is 32.2. The molecule has 3 aromatic carbocycles. The van der Waals surface area contributed by atoms with Gasteiger partial charge in [0, 0.05) is 0 Å². The van der Waals surface area contributed by atoms with Gasteiger partial charge >= 0.3 is 7.12 Å². The summed E-state index contributed by atoms with van der Waals surface area (Å²) in [5.41, 5.74) is 4.51. The van der Waals surface area contributed by atoms with Gasteiger partial charge in [-0.1, -0.05) is 85.6 Å². The van der Waals surface area contributed by atoms with E-state index in [0.29, 0.717) is 38.5 Å². The average Bonchev–Trinajstić information content (AvgIpc) is 3.50. The molecule has 1 atom stereocenters. The van der Waals surface area contributed by atoms with E-state index in [0.717, 1.165) is 17.2 Å². The summed E-state index contributed by atoms with van der Waals surface area (Å²) in [6, 6.07) is 23.7. The fourth-order valence-electron chi connectivity index (χ4n) is 6.12. The van der Waals surface area contributed by atoms with E-state index in [2.05, 4.69) is 10.6 Å². The molecule has 222 valence electrons. The molecule has 0 radical (unpaired) electrons. The number of rotatable bonds is 14. The maximum atomic E-state index is 14.6. The van der Waals surface area contributed by atoms with Crippen molar-refractivity contribution in [3.63, 3.8) is 0 Å². The van der Waals surface area contributed by atoms with Crippen LogP contribution in [-0.4, -0.2) is 49.4 Å². The SMILES string of the molecule is NCCC[C@@](NC=O)(B(O)Oc1ccccc1S(=O)(=O)O)C1(C(=O)NC(c2ccccc2)c2ccccc2)CCCC1. The van der Waals surface area contributed by atoms with Crippen molar-refractivity contribution in [3.05, 3.63) is 96.1 Å². The van der Waals surface area contributed by atoms with E-state index in [-0.39, 0.29) is 18.7 Å². The normalized spacial score (nSPS) is 15.9. The van der Waals surface area contributed by atoms with Gasteiger partial charge in [-0.15, -0.1) is 0 Å². The van der Waals surface area contributed by atoms with Crippen LogP contribution in [0.4, 0.5) is 0 Å². The van der Waals surface area contributed by atoms with E-state index in [1.807, 2.05) is 60.7 Å². The number of benzene rings is 3. The van der Waals surface area contributed by atoms with Crippen molar-refractivity contribution < 1.29 is 32.2 Å². The molecular weight excluding hydrogens is 557 g/mol. The molecule has 6 N–H and O–H groups in total. The number of carbonyl (C=O) groups excluding carboxylic acids is 2. The van der Waals surface area contributed by atoms with E-state index >= 15 is 0 Å². The lowest BCUT2D eigenvalue weighted by atomic mass is 9.47. The third kappa shape index (κ3) is 6.36. The minimum atomic E-state index is -4.71. The molecule has 0 heterocycles. The molecule has 0 bridgehead atoms. The zero-order chi connectivity index (χ0) is 30.2. The van der Waals surface area contributed by atoms with Crippen LogP contribution < -0.4 is 21.0 Å². The van der Waals surface area contributed by atoms with E-state index in [4.69, 9.17) is 10.4 Å². The molecule has 1 aliphatic rings. The molecule has 1 fully saturated rings. The molecule has 0 unspecified atom stereocenters. The molecule has 1 saturated carbocycles. The van der Waals surface area contributed by atoms with Crippen molar-refractivity contribution in [1.29, 1.82) is 0 Å². The summed E-state index contributed by atoms with van der Waals surface area (Å²) in [5.74, 6) is -0.716. The summed E-state index contributed by atoms with van der Waals surface area (Å²) >= 11 is 0. The largest absolute Gasteiger partial charge is 0.551 e. The third-order valence-corrected chi connectivity index (χ3v) is 9.06. The van der Waals surface area contributed by atoms with Crippen molar-refractivity contribution in [1.82, 2.24) is 10.6 Å². The fourth-order valence-corrected chi connectivity index (χ4v) is 6.74. The number of nitrogens with two attached hydrogens (primary N) is 1. The Balaban J connectivity index is 1.81. The summed E-state index contributed by atoms with van der Waals surface area (Å²) < 4.78 is 39.7. The number of carbonyl (C=O) groups is 2. The number of para-hydroxylation sites is 1. The maximum absolute atomic E-state index is 14.6. The Morgan fingerprint density at radius 2 is 1.55 bits per heavy atom. The van der Waals surface area contributed by atoms with Crippen LogP contribution in [0.1, 0.15) is 55.7 Å². The predicted octanol–water partition coefficient (Wildman–Crippen LogP) is 3.02. The maximum Gasteiger partial charge on any atom is 0.551 e. The minimum Gasteiger partial charge on any atom is -0.534 e. The number of nitrogens with one attached hydrogen (secondary N) is 2.